The average molecular weight is 157 g/mol. The van der Waals surface area contributed by atoms with Crippen molar-refractivity contribution in [2.75, 3.05) is 13.1 Å². The standard InChI is InChI=1S/C5H7N3O3/c9-5-4(3-8(10)11)6-1-2-7-5/h3,6H,1-2H2,(H,7,9)/b4-3-. The number of hydrogen-bond acceptors (Lipinski definition) is 4. The summed E-state index contributed by atoms with van der Waals surface area (Å²) in [4.78, 5) is 20.0. The molecule has 0 aromatic heterocycles. The zero-order chi connectivity index (χ0) is 8.27. The number of amides is 1. The van der Waals surface area contributed by atoms with Crippen molar-refractivity contribution in [2.24, 2.45) is 0 Å². The number of piperazine rings is 1. The summed E-state index contributed by atoms with van der Waals surface area (Å²) in [6.07, 6.45) is 0.661. The first kappa shape index (κ1) is 7.52. The van der Waals surface area contributed by atoms with Gasteiger partial charge in [-0.25, -0.2) is 0 Å². The summed E-state index contributed by atoms with van der Waals surface area (Å²) in [6, 6.07) is 0. The molecule has 1 fully saturated rings. The van der Waals surface area contributed by atoms with Crippen molar-refractivity contribution in [1.29, 1.82) is 0 Å². The van der Waals surface area contributed by atoms with E-state index in [1.54, 1.807) is 0 Å². The first-order valence-corrected chi connectivity index (χ1v) is 3.07. The summed E-state index contributed by atoms with van der Waals surface area (Å²) < 4.78 is 0. The topological polar surface area (TPSA) is 84.3 Å². The molecule has 1 rings (SSSR count). The quantitative estimate of drug-likeness (QED) is 0.285. The fourth-order valence-corrected chi connectivity index (χ4v) is 0.758. The monoisotopic (exact) mass is 157 g/mol. The maximum atomic E-state index is 10.8. The Hall–Kier alpha value is -1.59. The van der Waals surface area contributed by atoms with Crippen LogP contribution in [-0.2, 0) is 4.79 Å². The SMILES string of the molecule is O=C1NCCN/C1=C\[N+](=O)[O-]. The zero-order valence-electron chi connectivity index (χ0n) is 5.66. The van der Waals surface area contributed by atoms with Crippen molar-refractivity contribution in [3.63, 3.8) is 0 Å². The highest BCUT2D eigenvalue weighted by molar-refractivity contribution is 5.93. The van der Waals surface area contributed by atoms with Crippen LogP contribution in [0.2, 0.25) is 0 Å². The van der Waals surface area contributed by atoms with Gasteiger partial charge < -0.3 is 10.6 Å². The van der Waals surface area contributed by atoms with Gasteiger partial charge in [0.25, 0.3) is 12.1 Å². The van der Waals surface area contributed by atoms with Gasteiger partial charge in [-0.15, -0.1) is 0 Å². The van der Waals surface area contributed by atoms with Gasteiger partial charge in [0.2, 0.25) is 0 Å². The Morgan fingerprint density at radius 3 is 2.64 bits per heavy atom. The van der Waals surface area contributed by atoms with Gasteiger partial charge in [-0.1, -0.05) is 0 Å². The lowest BCUT2D eigenvalue weighted by Crippen LogP contribution is -2.43. The van der Waals surface area contributed by atoms with Gasteiger partial charge in [-0.2, -0.15) is 0 Å². The van der Waals surface area contributed by atoms with Crippen LogP contribution in [0.4, 0.5) is 0 Å². The predicted octanol–water partition coefficient (Wildman–Crippen LogP) is -1.18. The van der Waals surface area contributed by atoms with E-state index in [2.05, 4.69) is 10.6 Å². The van der Waals surface area contributed by atoms with E-state index in [-0.39, 0.29) is 5.70 Å². The number of nitro groups is 1. The summed E-state index contributed by atoms with van der Waals surface area (Å²) in [5.74, 6) is -0.423. The van der Waals surface area contributed by atoms with E-state index in [9.17, 15) is 14.9 Å². The predicted molar refractivity (Wildman–Crippen MR) is 36.1 cm³/mol. The molecule has 0 aromatic rings. The molecule has 1 heterocycles. The molecule has 0 aliphatic carbocycles. The van der Waals surface area contributed by atoms with Gasteiger partial charge in [0, 0.05) is 13.1 Å². The molecule has 1 aliphatic rings. The van der Waals surface area contributed by atoms with E-state index >= 15 is 0 Å². The van der Waals surface area contributed by atoms with Gasteiger partial charge in [-0.05, 0) is 0 Å². The largest absolute Gasteiger partial charge is 0.374 e. The molecule has 6 heteroatoms. The lowest BCUT2D eigenvalue weighted by atomic mass is 10.3. The Labute approximate surface area is 62.4 Å². The fraction of sp³-hybridized carbons (Fsp3) is 0.400. The maximum Gasteiger partial charge on any atom is 0.273 e. The van der Waals surface area contributed by atoms with Crippen molar-refractivity contribution in [2.45, 2.75) is 0 Å². The molecule has 0 spiro atoms. The normalized spacial score (nSPS) is 20.7. The molecule has 0 atom stereocenters. The summed E-state index contributed by atoms with van der Waals surface area (Å²) in [5, 5.41) is 15.0. The Morgan fingerprint density at radius 2 is 2.09 bits per heavy atom. The highest BCUT2D eigenvalue weighted by Crippen LogP contribution is 1.92. The van der Waals surface area contributed by atoms with Crippen LogP contribution < -0.4 is 10.6 Å². The van der Waals surface area contributed by atoms with Gasteiger partial charge in [-0.3, -0.25) is 14.9 Å². The molecule has 6 nitrogen and oxygen atoms in total. The van der Waals surface area contributed by atoms with E-state index in [0.717, 1.165) is 0 Å². The summed E-state index contributed by atoms with van der Waals surface area (Å²) in [5.41, 5.74) is 0.0150. The van der Waals surface area contributed by atoms with Crippen LogP contribution in [0.15, 0.2) is 11.9 Å². The van der Waals surface area contributed by atoms with Crippen LogP contribution in [0.1, 0.15) is 0 Å². The molecule has 0 bridgehead atoms. The molecule has 11 heavy (non-hydrogen) atoms. The van der Waals surface area contributed by atoms with E-state index in [1.165, 1.54) is 0 Å². The highest BCUT2D eigenvalue weighted by Gasteiger charge is 2.16. The number of rotatable bonds is 1. The number of carbonyl (C=O) groups excluding carboxylic acids is 1. The van der Waals surface area contributed by atoms with Gasteiger partial charge in [0.05, 0.1) is 4.92 Å². The van der Waals surface area contributed by atoms with Crippen molar-refractivity contribution in [1.82, 2.24) is 10.6 Å². The average Bonchev–Trinajstić information content (AvgIpc) is 1.93. The highest BCUT2D eigenvalue weighted by atomic mass is 16.6. The molecule has 0 aromatic carbocycles. The maximum absolute atomic E-state index is 10.8. The van der Waals surface area contributed by atoms with E-state index < -0.39 is 10.8 Å². The van der Waals surface area contributed by atoms with Crippen LogP contribution in [-0.4, -0.2) is 23.9 Å². The van der Waals surface area contributed by atoms with Crippen molar-refractivity contribution < 1.29 is 9.72 Å². The molecule has 0 saturated carbocycles. The van der Waals surface area contributed by atoms with Crippen LogP contribution in [0, 0.1) is 10.1 Å². The number of nitrogens with zero attached hydrogens (tertiary/aromatic N) is 1. The smallest absolute Gasteiger partial charge is 0.273 e. The fourth-order valence-electron chi connectivity index (χ4n) is 0.758. The van der Waals surface area contributed by atoms with Gasteiger partial charge in [0.1, 0.15) is 0 Å². The first-order valence-electron chi connectivity index (χ1n) is 3.07. The van der Waals surface area contributed by atoms with Crippen molar-refractivity contribution >= 4 is 5.91 Å². The second kappa shape index (κ2) is 3.00. The molecule has 1 aliphatic heterocycles. The molecule has 60 valence electrons. The third kappa shape index (κ3) is 1.92. The Kier molecular flexibility index (Phi) is 2.05. The summed E-state index contributed by atoms with van der Waals surface area (Å²) in [7, 11) is 0. The molecule has 0 unspecified atom stereocenters. The minimum absolute atomic E-state index is 0.0150. The molecular weight excluding hydrogens is 150 g/mol. The minimum atomic E-state index is -0.659. The summed E-state index contributed by atoms with van der Waals surface area (Å²) in [6.45, 7) is 1.04. The molecule has 0 radical (unpaired) electrons. The second-order valence-corrected chi connectivity index (χ2v) is 2.01. The minimum Gasteiger partial charge on any atom is -0.374 e. The van der Waals surface area contributed by atoms with Crippen LogP contribution in [0.5, 0.6) is 0 Å². The van der Waals surface area contributed by atoms with E-state index in [1.807, 2.05) is 0 Å². The molecule has 2 N–H and O–H groups in total. The van der Waals surface area contributed by atoms with Gasteiger partial charge in [0.15, 0.2) is 5.70 Å². The van der Waals surface area contributed by atoms with Crippen LogP contribution >= 0.6 is 0 Å². The lowest BCUT2D eigenvalue weighted by molar-refractivity contribution is -0.403. The van der Waals surface area contributed by atoms with Crippen molar-refractivity contribution in [3.8, 4) is 0 Å². The Balaban J connectivity index is 2.68. The summed E-state index contributed by atoms with van der Waals surface area (Å²) >= 11 is 0. The second-order valence-electron chi connectivity index (χ2n) is 2.01. The third-order valence-corrected chi connectivity index (χ3v) is 1.21. The van der Waals surface area contributed by atoms with E-state index in [4.69, 9.17) is 0 Å². The number of hydrogen-bond donors (Lipinski definition) is 2. The van der Waals surface area contributed by atoms with E-state index in [0.29, 0.717) is 19.3 Å². The van der Waals surface area contributed by atoms with Gasteiger partial charge >= 0.3 is 0 Å². The number of carbonyl (C=O) groups is 1. The first-order chi connectivity index (χ1) is 5.20. The Morgan fingerprint density at radius 1 is 1.45 bits per heavy atom. The van der Waals surface area contributed by atoms with Crippen molar-refractivity contribution in [3.05, 3.63) is 22.0 Å². The Bertz CT molecular complexity index is 223. The zero-order valence-corrected chi connectivity index (χ0v) is 5.66. The molecule has 1 saturated heterocycles. The lowest BCUT2D eigenvalue weighted by Gasteiger charge is -2.14. The molecule has 1 amide bonds. The van der Waals surface area contributed by atoms with Crippen LogP contribution in [0.3, 0.4) is 0 Å². The van der Waals surface area contributed by atoms with Crippen LogP contribution in [0.25, 0.3) is 0 Å². The number of nitrogens with one attached hydrogen (secondary N) is 2. The molecular formula is C5H7N3O3. The third-order valence-electron chi connectivity index (χ3n) is 1.21.